The van der Waals surface area contributed by atoms with Crippen molar-refractivity contribution in [2.75, 3.05) is 38.8 Å². The summed E-state index contributed by atoms with van der Waals surface area (Å²) in [7, 11) is 2.90. The van der Waals surface area contributed by atoms with Crippen LogP contribution in [-0.4, -0.2) is 67.2 Å². The van der Waals surface area contributed by atoms with Gasteiger partial charge in [0.1, 0.15) is 27.8 Å². The predicted molar refractivity (Wildman–Crippen MR) is 184 cm³/mol. The van der Waals surface area contributed by atoms with Crippen LogP contribution in [-0.2, 0) is 17.7 Å². The fourth-order valence-corrected chi connectivity index (χ4v) is 7.70. The van der Waals surface area contributed by atoms with Crippen molar-refractivity contribution in [2.45, 2.75) is 37.8 Å². The number of hydrogen-bond acceptors (Lipinski definition) is 7. The largest absolute Gasteiger partial charge is 0.493 e. The van der Waals surface area contributed by atoms with E-state index in [2.05, 4.69) is 4.90 Å². The summed E-state index contributed by atoms with van der Waals surface area (Å²) in [5.74, 6) is -3.13. The fraction of sp³-hybridized carbons (Fsp3) is 0.324. The van der Waals surface area contributed by atoms with Crippen molar-refractivity contribution >= 4 is 41.0 Å². The number of aromatic nitrogens is 1. The lowest BCUT2D eigenvalue weighted by Crippen LogP contribution is -2.53. The number of ether oxygens (including phenoxy) is 3. The molecule has 7 rings (SSSR count). The summed E-state index contributed by atoms with van der Waals surface area (Å²) in [4.78, 5) is 30.2. The van der Waals surface area contributed by atoms with Crippen LogP contribution in [0.2, 0.25) is 10.0 Å². The van der Waals surface area contributed by atoms with E-state index in [0.29, 0.717) is 33.9 Å². The lowest BCUT2D eigenvalue weighted by molar-refractivity contribution is -0.904. The molecule has 0 radical (unpaired) electrons. The van der Waals surface area contributed by atoms with Crippen molar-refractivity contribution in [1.82, 2.24) is 4.90 Å². The average Bonchev–Trinajstić information content (AvgIpc) is 3.11. The van der Waals surface area contributed by atoms with Gasteiger partial charge >= 0.3 is 12.1 Å². The molecule has 268 valence electrons. The number of rotatable bonds is 11. The normalized spacial score (nSPS) is 18.6. The van der Waals surface area contributed by atoms with E-state index in [1.54, 1.807) is 18.2 Å². The highest BCUT2D eigenvalue weighted by atomic mass is 35.5. The molecule has 1 aromatic heterocycles. The summed E-state index contributed by atoms with van der Waals surface area (Å²) >= 11 is 13.1. The zero-order valence-electron chi connectivity index (χ0n) is 27.8. The lowest BCUT2D eigenvalue weighted by Gasteiger charge is -2.44. The van der Waals surface area contributed by atoms with Crippen LogP contribution in [0.15, 0.2) is 67.0 Å². The van der Waals surface area contributed by atoms with Crippen LogP contribution in [0.5, 0.6) is 11.5 Å². The molecule has 0 spiro atoms. The fourth-order valence-electron chi connectivity index (χ4n) is 7.09. The number of aromatic carboxylic acids is 1. The first-order chi connectivity index (χ1) is 24.5. The summed E-state index contributed by atoms with van der Waals surface area (Å²) in [5.41, 5.74) is 0.138. The summed E-state index contributed by atoms with van der Waals surface area (Å²) in [6.45, 7) is 1.75. The third kappa shape index (κ3) is 7.53. The van der Waals surface area contributed by atoms with Crippen LogP contribution in [0.4, 0.5) is 19.3 Å². The standard InChI is InChI=1S/C37H35Cl2F2N3O7/c1-49-32-10-7-22(15-33(32)50-2)24(16-25-27(38)18-43(48)19-28(25)39)35-23(36(45)46)8-9-29(40)26(35)17-44(31-6-4-3-5-30(31)41)37(47)51-34-20-42-13-11-21(34)12-14-42/h3-10,15,18-19,21,24,34H,11-14,16-17,20H2,1-2H3,(H-,45,46,48)/p+1/t24-,34-/m0/s1. The van der Waals surface area contributed by atoms with Crippen molar-refractivity contribution in [1.29, 1.82) is 0 Å². The van der Waals surface area contributed by atoms with Gasteiger partial charge in [-0.05, 0) is 85.8 Å². The molecule has 1 amide bonds. The van der Waals surface area contributed by atoms with E-state index < -0.39 is 42.3 Å². The molecule has 3 saturated heterocycles. The van der Waals surface area contributed by atoms with E-state index >= 15 is 8.78 Å². The van der Waals surface area contributed by atoms with Crippen LogP contribution in [0.25, 0.3) is 0 Å². The van der Waals surface area contributed by atoms with E-state index in [1.165, 1.54) is 50.9 Å². The van der Waals surface area contributed by atoms with E-state index in [1.807, 2.05) is 0 Å². The van der Waals surface area contributed by atoms with E-state index in [4.69, 9.17) is 37.4 Å². The summed E-state index contributed by atoms with van der Waals surface area (Å²) in [5, 5.41) is 20.7. The van der Waals surface area contributed by atoms with Gasteiger partial charge in [-0.3, -0.25) is 15.0 Å². The second-order valence-electron chi connectivity index (χ2n) is 12.6. The minimum atomic E-state index is -1.37. The average molecular weight is 744 g/mol. The van der Waals surface area contributed by atoms with Crippen LogP contribution >= 0.6 is 23.2 Å². The first kappa shape index (κ1) is 36.2. The van der Waals surface area contributed by atoms with Gasteiger partial charge < -0.3 is 19.3 Å². The molecule has 0 unspecified atom stereocenters. The first-order valence-electron chi connectivity index (χ1n) is 16.3. The molecule has 10 nitrogen and oxygen atoms in total. The number of para-hydroxylation sites is 1. The molecular formula is C37H36Cl2F2N3O7+. The molecular weight excluding hydrogens is 707 g/mol. The lowest BCUT2D eigenvalue weighted by atomic mass is 9.80. The number of pyridine rings is 1. The predicted octanol–water partition coefficient (Wildman–Crippen LogP) is 7.12. The number of methoxy groups -OCH3 is 2. The van der Waals surface area contributed by atoms with Crippen LogP contribution in [0.3, 0.4) is 0 Å². The van der Waals surface area contributed by atoms with E-state index in [9.17, 15) is 19.9 Å². The number of piperidine rings is 3. The van der Waals surface area contributed by atoms with Gasteiger partial charge in [-0.15, -0.1) is 0 Å². The minimum Gasteiger partial charge on any atom is -0.493 e. The quantitative estimate of drug-likeness (QED) is 0.123. The molecule has 3 aliphatic heterocycles. The highest BCUT2D eigenvalue weighted by Gasteiger charge is 2.39. The molecule has 51 heavy (non-hydrogen) atoms. The summed E-state index contributed by atoms with van der Waals surface area (Å²) in [6, 6.07) is 12.6. The van der Waals surface area contributed by atoms with Gasteiger partial charge in [0.2, 0.25) is 12.4 Å². The summed E-state index contributed by atoms with van der Waals surface area (Å²) in [6.07, 6.45) is 2.70. The third-order valence-electron chi connectivity index (χ3n) is 9.69. The zero-order valence-corrected chi connectivity index (χ0v) is 29.3. The van der Waals surface area contributed by atoms with E-state index in [0.717, 1.165) is 43.0 Å². The number of fused-ring (bicyclic) bond motifs is 3. The van der Waals surface area contributed by atoms with Gasteiger partial charge in [0.05, 0.1) is 32.0 Å². The van der Waals surface area contributed by atoms with Gasteiger partial charge in [-0.1, -0.05) is 41.4 Å². The van der Waals surface area contributed by atoms with Crippen molar-refractivity contribution in [3.8, 4) is 11.5 Å². The third-order valence-corrected chi connectivity index (χ3v) is 10.3. The summed E-state index contributed by atoms with van der Waals surface area (Å²) < 4.78 is 49.6. The Morgan fingerprint density at radius 2 is 1.65 bits per heavy atom. The maximum Gasteiger partial charge on any atom is 0.415 e. The molecule has 2 N–H and O–H groups in total. The number of benzene rings is 3. The molecule has 3 aromatic carbocycles. The number of carbonyl (C=O) groups is 2. The minimum absolute atomic E-state index is 0.0143. The van der Waals surface area contributed by atoms with Crippen LogP contribution in [0, 0.1) is 17.6 Å². The molecule has 0 saturated carbocycles. The molecule has 2 bridgehead atoms. The molecule has 14 heteroatoms. The monoisotopic (exact) mass is 742 g/mol. The SMILES string of the molecule is COc1ccc([C@H](Cc2c(Cl)c[n+](O)cc2Cl)c2c(C(=O)O)ccc(F)c2CN(C(=O)O[C@H]2CN3CCC2CC3)c2ccccc2F)cc1OC. The Morgan fingerprint density at radius 1 is 0.961 bits per heavy atom. The Bertz CT molecular complexity index is 1930. The number of carboxylic acids is 1. The smallest absolute Gasteiger partial charge is 0.415 e. The number of nitrogens with zero attached hydrogens (tertiary/aromatic N) is 3. The van der Waals surface area contributed by atoms with Gasteiger partial charge in [0.15, 0.2) is 11.5 Å². The second kappa shape index (κ2) is 15.3. The van der Waals surface area contributed by atoms with Crippen molar-refractivity contribution in [3.05, 3.63) is 116 Å². The Labute approximate surface area is 303 Å². The number of hydrogen-bond donors (Lipinski definition) is 2. The molecule has 2 atom stereocenters. The maximum absolute atomic E-state index is 16.4. The number of amides is 1. The Kier molecular flexibility index (Phi) is 10.8. The highest BCUT2D eigenvalue weighted by Crippen LogP contribution is 2.41. The van der Waals surface area contributed by atoms with Crippen molar-refractivity contribution < 1.29 is 47.6 Å². The van der Waals surface area contributed by atoms with Crippen LogP contribution < -0.4 is 19.1 Å². The van der Waals surface area contributed by atoms with Gasteiger partial charge in [0, 0.05) is 28.3 Å². The Morgan fingerprint density at radius 3 is 2.25 bits per heavy atom. The number of carbonyl (C=O) groups excluding carboxylic acids is 1. The number of carboxylic acid groups (broad SMARTS) is 1. The van der Waals surface area contributed by atoms with Crippen LogP contribution in [0.1, 0.15) is 51.4 Å². The second-order valence-corrected chi connectivity index (χ2v) is 13.4. The van der Waals surface area contributed by atoms with Crippen molar-refractivity contribution in [3.63, 3.8) is 0 Å². The number of anilines is 1. The zero-order chi connectivity index (χ0) is 36.4. The first-order valence-corrected chi connectivity index (χ1v) is 17.0. The Hall–Kier alpha value is -4.65. The molecule has 0 aliphatic carbocycles. The Balaban J connectivity index is 1.53. The molecule has 3 fully saturated rings. The van der Waals surface area contributed by atoms with Gasteiger partial charge in [-0.25, -0.2) is 18.4 Å². The number of halogens is 4. The highest BCUT2D eigenvalue weighted by molar-refractivity contribution is 6.35. The molecule has 3 aliphatic rings. The molecule has 4 aromatic rings. The maximum atomic E-state index is 16.4. The van der Waals surface area contributed by atoms with Gasteiger partial charge in [0.25, 0.3) is 0 Å². The topological polar surface area (TPSA) is 113 Å². The van der Waals surface area contributed by atoms with Gasteiger partial charge in [-0.2, -0.15) is 0 Å². The van der Waals surface area contributed by atoms with E-state index in [-0.39, 0.29) is 44.8 Å². The van der Waals surface area contributed by atoms with Crippen molar-refractivity contribution in [2.24, 2.45) is 5.92 Å². The molecule has 4 heterocycles.